The fraction of sp³-hybridized carbons (Fsp3) is 0.0667. The number of hydrogen-bond donors (Lipinski definition) is 1. The van der Waals surface area contributed by atoms with E-state index in [1.165, 1.54) is 17.5 Å². The van der Waals surface area contributed by atoms with E-state index in [9.17, 15) is 17.2 Å². The van der Waals surface area contributed by atoms with Gasteiger partial charge in [0.05, 0.1) is 0 Å². The molecule has 3 rings (SSSR count). The van der Waals surface area contributed by atoms with E-state index in [2.05, 4.69) is 9.97 Å². The Bertz CT molecular complexity index is 1030. The molecule has 0 amide bonds. The number of hydrogen-bond acceptors (Lipinski definition) is 5. The summed E-state index contributed by atoms with van der Waals surface area (Å²) in [5, 5.41) is 7.25. The molecule has 0 bridgehead atoms. The smallest absolute Gasteiger partial charge is 0.241 e. The summed E-state index contributed by atoms with van der Waals surface area (Å²) in [7, 11) is -4.35. The fourth-order valence-electron chi connectivity index (χ4n) is 2.21. The van der Waals surface area contributed by atoms with Gasteiger partial charge in [-0.1, -0.05) is 6.07 Å². The van der Waals surface area contributed by atoms with Gasteiger partial charge in [0.25, 0.3) is 0 Å². The SMILES string of the molecule is Cc1csc(-c2ncccc2-c2cc(F)c(S(N)(=O)=O)cc2F)n1. The van der Waals surface area contributed by atoms with Crippen molar-refractivity contribution in [1.82, 2.24) is 9.97 Å². The summed E-state index contributed by atoms with van der Waals surface area (Å²) in [5.41, 5.74) is 1.36. The average molecular weight is 367 g/mol. The first-order valence-electron chi connectivity index (χ1n) is 6.67. The lowest BCUT2D eigenvalue weighted by Crippen LogP contribution is -2.14. The van der Waals surface area contributed by atoms with Crippen LogP contribution in [0.3, 0.4) is 0 Å². The van der Waals surface area contributed by atoms with Crippen LogP contribution in [0.5, 0.6) is 0 Å². The first kappa shape index (κ1) is 16.6. The van der Waals surface area contributed by atoms with Crippen molar-refractivity contribution >= 4 is 21.4 Å². The summed E-state index contributed by atoms with van der Waals surface area (Å²) in [5.74, 6) is -2.04. The van der Waals surface area contributed by atoms with Gasteiger partial charge in [-0.15, -0.1) is 11.3 Å². The van der Waals surface area contributed by atoms with Gasteiger partial charge in [-0.3, -0.25) is 4.98 Å². The lowest BCUT2D eigenvalue weighted by molar-refractivity contribution is 0.555. The van der Waals surface area contributed by atoms with Gasteiger partial charge in [-0.25, -0.2) is 27.3 Å². The molecule has 0 radical (unpaired) electrons. The number of nitrogens with zero attached hydrogens (tertiary/aromatic N) is 2. The van der Waals surface area contributed by atoms with Crippen LogP contribution in [0, 0.1) is 18.6 Å². The van der Waals surface area contributed by atoms with Gasteiger partial charge >= 0.3 is 0 Å². The number of aryl methyl sites for hydroxylation is 1. The first-order chi connectivity index (χ1) is 11.3. The molecule has 0 aliphatic carbocycles. The zero-order valence-electron chi connectivity index (χ0n) is 12.3. The third-order valence-corrected chi connectivity index (χ3v) is 5.14. The molecule has 124 valence electrons. The van der Waals surface area contributed by atoms with Crippen LogP contribution in [0.15, 0.2) is 40.7 Å². The predicted octanol–water partition coefficient (Wildman–Crippen LogP) is 3.11. The van der Waals surface area contributed by atoms with Crippen molar-refractivity contribution in [2.45, 2.75) is 11.8 Å². The van der Waals surface area contributed by atoms with Crippen molar-refractivity contribution < 1.29 is 17.2 Å². The lowest BCUT2D eigenvalue weighted by Gasteiger charge is -2.10. The quantitative estimate of drug-likeness (QED) is 0.771. The Morgan fingerprint density at radius 1 is 1.17 bits per heavy atom. The largest absolute Gasteiger partial charge is 0.253 e. The summed E-state index contributed by atoms with van der Waals surface area (Å²) in [6.45, 7) is 1.81. The molecule has 3 aromatic rings. The Kier molecular flexibility index (Phi) is 4.16. The summed E-state index contributed by atoms with van der Waals surface area (Å²) >= 11 is 1.32. The molecule has 9 heteroatoms. The van der Waals surface area contributed by atoms with Crippen LogP contribution in [0.4, 0.5) is 8.78 Å². The van der Waals surface area contributed by atoms with Crippen LogP contribution >= 0.6 is 11.3 Å². The third kappa shape index (κ3) is 3.05. The van der Waals surface area contributed by atoms with Crippen LogP contribution in [0.2, 0.25) is 0 Å². The summed E-state index contributed by atoms with van der Waals surface area (Å²) in [6, 6.07) is 4.51. The standard InChI is InChI=1S/C15H11F2N3O2S2/c1-8-7-23-15(20-8)14-9(3-2-4-19-14)10-5-12(17)13(6-11(10)16)24(18,21)22/h2-7H,1H3,(H2,18,21,22). The number of primary sulfonamides is 1. The second-order valence-electron chi connectivity index (χ2n) is 5.00. The third-order valence-electron chi connectivity index (χ3n) is 3.25. The van der Waals surface area contributed by atoms with E-state index in [1.54, 1.807) is 12.1 Å². The maximum absolute atomic E-state index is 14.4. The predicted molar refractivity (Wildman–Crippen MR) is 86.8 cm³/mol. The molecule has 5 nitrogen and oxygen atoms in total. The van der Waals surface area contributed by atoms with Crippen LogP contribution in [0.25, 0.3) is 21.8 Å². The number of halogens is 2. The van der Waals surface area contributed by atoms with Gasteiger partial charge in [0.15, 0.2) is 0 Å². The van der Waals surface area contributed by atoms with E-state index in [4.69, 9.17) is 5.14 Å². The zero-order valence-corrected chi connectivity index (χ0v) is 14.0. The number of aromatic nitrogens is 2. The van der Waals surface area contributed by atoms with Crippen molar-refractivity contribution in [2.75, 3.05) is 0 Å². The molecule has 1 aromatic carbocycles. The van der Waals surface area contributed by atoms with E-state index >= 15 is 0 Å². The number of benzene rings is 1. The molecule has 0 spiro atoms. The fourth-order valence-corrected chi connectivity index (χ4v) is 3.61. The highest BCUT2D eigenvalue weighted by molar-refractivity contribution is 7.89. The van der Waals surface area contributed by atoms with Gasteiger partial charge in [-0.05, 0) is 25.1 Å². The highest BCUT2D eigenvalue weighted by Crippen LogP contribution is 2.34. The minimum absolute atomic E-state index is 0.115. The molecule has 0 fully saturated rings. The molecule has 2 heterocycles. The van der Waals surface area contributed by atoms with Gasteiger partial charge in [-0.2, -0.15) is 0 Å². The van der Waals surface area contributed by atoms with Gasteiger partial charge in [0.2, 0.25) is 10.0 Å². The van der Waals surface area contributed by atoms with E-state index in [1.807, 2.05) is 12.3 Å². The Morgan fingerprint density at radius 2 is 1.92 bits per heavy atom. The number of thiazole rings is 1. The molecular weight excluding hydrogens is 356 g/mol. The normalized spacial score (nSPS) is 11.7. The van der Waals surface area contributed by atoms with Crippen molar-refractivity contribution in [3.63, 3.8) is 0 Å². The molecule has 24 heavy (non-hydrogen) atoms. The van der Waals surface area contributed by atoms with Crippen molar-refractivity contribution in [1.29, 1.82) is 0 Å². The van der Waals surface area contributed by atoms with Crippen LogP contribution in [0.1, 0.15) is 5.69 Å². The van der Waals surface area contributed by atoms with Gasteiger partial charge in [0.1, 0.15) is 27.2 Å². The number of rotatable bonds is 3. The number of nitrogens with two attached hydrogens (primary N) is 1. The Labute approximate surface area is 140 Å². The Morgan fingerprint density at radius 3 is 2.54 bits per heavy atom. The van der Waals surface area contributed by atoms with Crippen LogP contribution < -0.4 is 5.14 Å². The number of pyridine rings is 1. The molecular formula is C15H11F2N3O2S2. The van der Waals surface area contributed by atoms with Crippen LogP contribution in [-0.4, -0.2) is 18.4 Å². The van der Waals surface area contributed by atoms with Gasteiger partial charge < -0.3 is 0 Å². The van der Waals surface area contributed by atoms with E-state index in [-0.39, 0.29) is 5.56 Å². The molecule has 0 saturated heterocycles. The lowest BCUT2D eigenvalue weighted by atomic mass is 10.0. The molecule has 2 N–H and O–H groups in total. The molecule has 0 atom stereocenters. The molecule has 2 aromatic heterocycles. The Hall–Kier alpha value is -2.23. The van der Waals surface area contributed by atoms with Gasteiger partial charge in [0, 0.05) is 28.4 Å². The molecule has 0 aliphatic rings. The van der Waals surface area contributed by atoms with Crippen molar-refractivity contribution in [3.05, 3.63) is 53.2 Å². The second-order valence-corrected chi connectivity index (χ2v) is 7.39. The molecule has 0 saturated carbocycles. The van der Waals surface area contributed by atoms with Crippen molar-refractivity contribution in [3.8, 4) is 21.8 Å². The van der Waals surface area contributed by atoms with Crippen LogP contribution in [-0.2, 0) is 10.0 Å². The summed E-state index contributed by atoms with van der Waals surface area (Å²) in [6.07, 6.45) is 1.52. The first-order valence-corrected chi connectivity index (χ1v) is 9.09. The van der Waals surface area contributed by atoms with E-state index < -0.39 is 26.6 Å². The highest BCUT2D eigenvalue weighted by atomic mass is 32.2. The Balaban J connectivity index is 2.23. The van der Waals surface area contributed by atoms with E-state index in [0.29, 0.717) is 22.3 Å². The molecule has 0 aliphatic heterocycles. The van der Waals surface area contributed by atoms with E-state index in [0.717, 1.165) is 11.8 Å². The highest BCUT2D eigenvalue weighted by Gasteiger charge is 2.21. The minimum Gasteiger partial charge on any atom is -0.253 e. The summed E-state index contributed by atoms with van der Waals surface area (Å²) < 4.78 is 51.1. The minimum atomic E-state index is -4.35. The monoisotopic (exact) mass is 367 g/mol. The second kappa shape index (κ2) is 6.00. The van der Waals surface area contributed by atoms with Crippen molar-refractivity contribution in [2.24, 2.45) is 5.14 Å². The zero-order chi connectivity index (χ0) is 17.5. The molecule has 0 unspecified atom stereocenters. The topological polar surface area (TPSA) is 85.9 Å². The maximum Gasteiger partial charge on any atom is 0.241 e. The number of sulfonamides is 1. The maximum atomic E-state index is 14.4. The average Bonchev–Trinajstić information content (AvgIpc) is 2.94. The summed E-state index contributed by atoms with van der Waals surface area (Å²) in [4.78, 5) is 7.61.